The van der Waals surface area contributed by atoms with Crippen LogP contribution in [0.15, 0.2) is 48.5 Å². The first-order valence-corrected chi connectivity index (χ1v) is 11.7. The zero-order valence-electron chi connectivity index (χ0n) is 16.8. The predicted molar refractivity (Wildman–Crippen MR) is 118 cm³/mol. The second-order valence-corrected chi connectivity index (χ2v) is 9.07. The van der Waals surface area contributed by atoms with Crippen LogP contribution in [0.5, 0.6) is 0 Å². The molecular formula is C21H26N4O4S. The van der Waals surface area contributed by atoms with E-state index in [-0.39, 0.29) is 11.9 Å². The quantitative estimate of drug-likeness (QED) is 0.672. The van der Waals surface area contributed by atoms with Gasteiger partial charge in [-0.2, -0.15) is 0 Å². The van der Waals surface area contributed by atoms with Gasteiger partial charge < -0.3 is 15.5 Å². The normalized spacial score (nSPS) is 14.5. The van der Waals surface area contributed by atoms with E-state index in [4.69, 9.17) is 0 Å². The Labute approximate surface area is 176 Å². The fraction of sp³-hybridized carbons (Fsp3) is 0.333. The molecular weight excluding hydrogens is 404 g/mol. The topological polar surface area (TPSA) is 108 Å². The Hall–Kier alpha value is -3.07. The Morgan fingerprint density at radius 1 is 0.833 bits per heavy atom. The maximum atomic E-state index is 12.5. The summed E-state index contributed by atoms with van der Waals surface area (Å²) in [6, 6.07) is 13.0. The monoisotopic (exact) mass is 430 g/mol. The summed E-state index contributed by atoms with van der Waals surface area (Å²) >= 11 is 0. The highest BCUT2D eigenvalue weighted by atomic mass is 32.2. The third-order valence-electron chi connectivity index (χ3n) is 4.72. The molecule has 8 nitrogen and oxygen atoms in total. The summed E-state index contributed by atoms with van der Waals surface area (Å²) in [5.41, 5.74) is 1.86. The van der Waals surface area contributed by atoms with E-state index < -0.39 is 10.0 Å². The minimum absolute atomic E-state index is 0.108. The van der Waals surface area contributed by atoms with Gasteiger partial charge in [-0.3, -0.25) is 9.52 Å². The number of rotatable bonds is 5. The fourth-order valence-corrected chi connectivity index (χ4v) is 3.81. The van der Waals surface area contributed by atoms with Gasteiger partial charge in [-0.25, -0.2) is 13.2 Å². The molecule has 3 amide bonds. The van der Waals surface area contributed by atoms with Crippen molar-refractivity contribution in [2.75, 3.05) is 34.7 Å². The molecule has 0 saturated carbocycles. The molecule has 2 aromatic rings. The number of amides is 3. The minimum atomic E-state index is -3.42. The first kappa shape index (κ1) is 21.6. The number of anilines is 3. The van der Waals surface area contributed by atoms with Crippen molar-refractivity contribution in [1.29, 1.82) is 0 Å². The van der Waals surface area contributed by atoms with Gasteiger partial charge in [0.1, 0.15) is 0 Å². The lowest BCUT2D eigenvalue weighted by Gasteiger charge is -2.20. The summed E-state index contributed by atoms with van der Waals surface area (Å²) in [6.07, 6.45) is 5.42. The fourth-order valence-electron chi connectivity index (χ4n) is 3.25. The van der Waals surface area contributed by atoms with Crippen LogP contribution in [0.2, 0.25) is 0 Å². The third-order valence-corrected chi connectivity index (χ3v) is 5.32. The van der Waals surface area contributed by atoms with Crippen molar-refractivity contribution >= 4 is 39.0 Å². The molecule has 160 valence electrons. The number of likely N-dealkylation sites (tertiary alicyclic amines) is 1. The average molecular weight is 431 g/mol. The Morgan fingerprint density at radius 3 is 2.03 bits per heavy atom. The molecule has 9 heteroatoms. The molecule has 30 heavy (non-hydrogen) atoms. The van der Waals surface area contributed by atoms with Crippen molar-refractivity contribution in [2.24, 2.45) is 0 Å². The Kier molecular flexibility index (Phi) is 6.94. The number of carbonyl (C=O) groups excluding carboxylic acids is 2. The summed E-state index contributed by atoms with van der Waals surface area (Å²) in [4.78, 5) is 26.7. The van der Waals surface area contributed by atoms with E-state index in [1.165, 1.54) is 6.07 Å². The molecule has 0 aliphatic carbocycles. The maximum Gasteiger partial charge on any atom is 0.321 e. The lowest BCUT2D eigenvalue weighted by atomic mass is 10.2. The maximum absolute atomic E-state index is 12.5. The number of sulfonamides is 1. The first-order valence-electron chi connectivity index (χ1n) is 9.85. The Balaban J connectivity index is 1.59. The second kappa shape index (κ2) is 9.62. The molecule has 0 bridgehead atoms. The zero-order valence-corrected chi connectivity index (χ0v) is 17.7. The molecule has 0 atom stereocenters. The highest BCUT2D eigenvalue weighted by Crippen LogP contribution is 2.18. The van der Waals surface area contributed by atoms with E-state index in [0.29, 0.717) is 22.6 Å². The van der Waals surface area contributed by atoms with Crippen LogP contribution in [0.25, 0.3) is 0 Å². The molecule has 0 unspecified atom stereocenters. The number of hydrogen-bond acceptors (Lipinski definition) is 4. The highest BCUT2D eigenvalue weighted by Gasteiger charge is 2.15. The largest absolute Gasteiger partial charge is 0.325 e. The number of urea groups is 1. The van der Waals surface area contributed by atoms with Gasteiger partial charge in [-0.15, -0.1) is 0 Å². The number of nitrogens with zero attached hydrogens (tertiary/aromatic N) is 1. The molecule has 1 saturated heterocycles. The van der Waals surface area contributed by atoms with Gasteiger partial charge in [0.2, 0.25) is 10.0 Å². The third kappa shape index (κ3) is 6.48. The van der Waals surface area contributed by atoms with Crippen LogP contribution < -0.4 is 15.4 Å². The minimum Gasteiger partial charge on any atom is -0.325 e. The van der Waals surface area contributed by atoms with Gasteiger partial charge in [0, 0.05) is 35.7 Å². The number of nitrogens with one attached hydrogen (secondary N) is 3. The van der Waals surface area contributed by atoms with Gasteiger partial charge >= 0.3 is 6.03 Å². The summed E-state index contributed by atoms with van der Waals surface area (Å²) < 4.78 is 25.1. The zero-order chi connectivity index (χ0) is 21.6. The van der Waals surface area contributed by atoms with E-state index in [1.807, 2.05) is 4.90 Å². The first-order chi connectivity index (χ1) is 14.3. The predicted octanol–water partition coefficient (Wildman–Crippen LogP) is 3.72. The van der Waals surface area contributed by atoms with Gasteiger partial charge in [-0.1, -0.05) is 18.9 Å². The molecule has 0 spiro atoms. The van der Waals surface area contributed by atoms with Gasteiger partial charge in [0.05, 0.1) is 6.26 Å². The molecule has 0 radical (unpaired) electrons. The van der Waals surface area contributed by atoms with Crippen LogP contribution in [0.1, 0.15) is 36.0 Å². The van der Waals surface area contributed by atoms with Crippen LogP contribution in [0.4, 0.5) is 21.9 Å². The van der Waals surface area contributed by atoms with Crippen molar-refractivity contribution < 1.29 is 18.0 Å². The summed E-state index contributed by atoms with van der Waals surface area (Å²) in [6.45, 7) is 1.54. The number of carbonyl (C=O) groups is 2. The molecule has 1 heterocycles. The van der Waals surface area contributed by atoms with Crippen molar-refractivity contribution in [3.05, 3.63) is 54.1 Å². The van der Waals surface area contributed by atoms with Crippen LogP contribution >= 0.6 is 0 Å². The van der Waals surface area contributed by atoms with Crippen LogP contribution in [0.3, 0.4) is 0 Å². The SMILES string of the molecule is CS(=O)(=O)Nc1cccc(C(=O)Nc2ccc(NC(=O)N3CCCCCC3)cc2)c1. The van der Waals surface area contributed by atoms with Crippen molar-refractivity contribution in [3.63, 3.8) is 0 Å². The second-order valence-electron chi connectivity index (χ2n) is 7.32. The molecule has 3 N–H and O–H groups in total. The standard InChI is InChI=1S/C21H26N4O4S/c1-30(28,29)24-19-8-6-7-16(15-19)20(26)22-17-9-11-18(12-10-17)23-21(27)25-13-4-2-3-5-14-25/h6-12,15,24H,2-5,13-14H2,1H3,(H,22,26)(H,23,27). The van der Waals surface area contributed by atoms with Crippen LogP contribution in [0, 0.1) is 0 Å². The number of hydrogen-bond donors (Lipinski definition) is 3. The van der Waals surface area contributed by atoms with Gasteiger partial charge in [0.15, 0.2) is 0 Å². The van der Waals surface area contributed by atoms with Crippen molar-refractivity contribution in [1.82, 2.24) is 4.90 Å². The van der Waals surface area contributed by atoms with Gasteiger partial charge in [0.25, 0.3) is 5.91 Å². The van der Waals surface area contributed by atoms with Crippen molar-refractivity contribution in [3.8, 4) is 0 Å². The van der Waals surface area contributed by atoms with E-state index in [0.717, 1.165) is 45.0 Å². The van der Waals surface area contributed by atoms with Crippen LogP contribution in [-0.4, -0.2) is 44.6 Å². The molecule has 2 aromatic carbocycles. The summed E-state index contributed by atoms with van der Waals surface area (Å²) in [5.74, 6) is -0.367. The highest BCUT2D eigenvalue weighted by molar-refractivity contribution is 7.92. The van der Waals surface area contributed by atoms with Crippen molar-refractivity contribution in [2.45, 2.75) is 25.7 Å². The molecule has 1 aliphatic rings. The van der Waals surface area contributed by atoms with E-state index in [2.05, 4.69) is 15.4 Å². The Morgan fingerprint density at radius 2 is 1.43 bits per heavy atom. The van der Waals surface area contributed by atoms with Crippen LogP contribution in [-0.2, 0) is 10.0 Å². The summed E-state index contributed by atoms with van der Waals surface area (Å²) in [5, 5.41) is 5.65. The Bertz CT molecular complexity index is 998. The summed E-state index contributed by atoms with van der Waals surface area (Å²) in [7, 11) is -3.42. The van der Waals surface area contributed by atoms with E-state index in [1.54, 1.807) is 42.5 Å². The number of benzene rings is 2. The molecule has 1 aliphatic heterocycles. The van der Waals surface area contributed by atoms with E-state index in [9.17, 15) is 18.0 Å². The lowest BCUT2D eigenvalue weighted by Crippen LogP contribution is -2.35. The van der Waals surface area contributed by atoms with Gasteiger partial charge in [-0.05, 0) is 55.3 Å². The smallest absolute Gasteiger partial charge is 0.321 e. The lowest BCUT2D eigenvalue weighted by molar-refractivity contribution is 0.102. The molecule has 0 aromatic heterocycles. The average Bonchev–Trinajstić information content (AvgIpc) is 2.98. The molecule has 3 rings (SSSR count). The van der Waals surface area contributed by atoms with E-state index >= 15 is 0 Å². The molecule has 1 fully saturated rings.